The summed E-state index contributed by atoms with van der Waals surface area (Å²) < 4.78 is 5.30. The van der Waals surface area contributed by atoms with Crippen molar-refractivity contribution in [3.63, 3.8) is 0 Å². The molecule has 20 heavy (non-hydrogen) atoms. The predicted molar refractivity (Wildman–Crippen MR) is 76.4 cm³/mol. The van der Waals surface area contributed by atoms with Crippen LogP contribution < -0.4 is 0 Å². The molecule has 2 aromatic carbocycles. The molecule has 100 valence electrons. The second-order valence-electron chi connectivity index (χ2n) is 4.68. The van der Waals surface area contributed by atoms with E-state index in [1.54, 1.807) is 0 Å². The first kappa shape index (κ1) is 12.4. The highest BCUT2D eigenvalue weighted by Gasteiger charge is 2.15. The lowest BCUT2D eigenvalue weighted by Crippen LogP contribution is -2.06. The molecule has 0 radical (unpaired) electrons. The summed E-state index contributed by atoms with van der Waals surface area (Å²) >= 11 is 0. The SMILES string of the molecule is Cc1ccc(COC(=O)c2n[nH]c3ccccc23)cc1. The Balaban J connectivity index is 1.75. The van der Waals surface area contributed by atoms with Gasteiger partial charge in [0.1, 0.15) is 6.61 Å². The lowest BCUT2D eigenvalue weighted by atomic mass is 10.2. The summed E-state index contributed by atoms with van der Waals surface area (Å²) in [4.78, 5) is 12.1. The van der Waals surface area contributed by atoms with Crippen LogP contribution in [0.3, 0.4) is 0 Å². The first-order chi connectivity index (χ1) is 9.74. The number of nitrogens with one attached hydrogen (secondary N) is 1. The molecule has 3 aromatic rings. The molecule has 0 aliphatic carbocycles. The number of fused-ring (bicyclic) bond motifs is 1. The standard InChI is InChI=1S/C16H14N2O2/c1-11-6-8-12(9-7-11)10-20-16(19)15-13-4-2-3-5-14(13)17-18-15/h2-9H,10H2,1H3,(H,17,18). The zero-order chi connectivity index (χ0) is 13.9. The summed E-state index contributed by atoms with van der Waals surface area (Å²) in [6.07, 6.45) is 0. The number of aromatic nitrogens is 2. The molecule has 0 saturated heterocycles. The molecule has 0 aliphatic rings. The summed E-state index contributed by atoms with van der Waals surface area (Å²) in [7, 11) is 0. The quantitative estimate of drug-likeness (QED) is 0.740. The van der Waals surface area contributed by atoms with Crippen LogP contribution in [0.25, 0.3) is 10.9 Å². The van der Waals surface area contributed by atoms with Crippen LogP contribution in [0, 0.1) is 6.92 Å². The Bertz CT molecular complexity index is 745. The van der Waals surface area contributed by atoms with Crippen LogP contribution >= 0.6 is 0 Å². The number of carbonyl (C=O) groups is 1. The lowest BCUT2D eigenvalue weighted by molar-refractivity contribution is 0.0468. The largest absolute Gasteiger partial charge is 0.456 e. The van der Waals surface area contributed by atoms with E-state index in [1.165, 1.54) is 5.56 Å². The van der Waals surface area contributed by atoms with Crippen LogP contribution in [0.2, 0.25) is 0 Å². The average Bonchev–Trinajstić information content (AvgIpc) is 2.90. The van der Waals surface area contributed by atoms with E-state index in [4.69, 9.17) is 4.74 Å². The number of benzene rings is 2. The minimum Gasteiger partial charge on any atom is -0.456 e. The van der Waals surface area contributed by atoms with Gasteiger partial charge in [-0.1, -0.05) is 48.0 Å². The molecule has 4 heteroatoms. The molecular formula is C16H14N2O2. The fourth-order valence-electron chi connectivity index (χ4n) is 2.02. The second kappa shape index (κ2) is 5.17. The van der Waals surface area contributed by atoms with Crippen LogP contribution in [-0.2, 0) is 11.3 Å². The number of para-hydroxylation sites is 1. The van der Waals surface area contributed by atoms with E-state index in [0.29, 0.717) is 5.69 Å². The highest BCUT2D eigenvalue weighted by Crippen LogP contribution is 2.16. The van der Waals surface area contributed by atoms with Gasteiger partial charge in [-0.3, -0.25) is 5.10 Å². The monoisotopic (exact) mass is 266 g/mol. The summed E-state index contributed by atoms with van der Waals surface area (Å²) in [5.41, 5.74) is 3.30. The van der Waals surface area contributed by atoms with Crippen LogP contribution in [-0.4, -0.2) is 16.2 Å². The zero-order valence-corrected chi connectivity index (χ0v) is 11.1. The number of hydrogen-bond acceptors (Lipinski definition) is 3. The van der Waals surface area contributed by atoms with Crippen molar-refractivity contribution >= 4 is 16.9 Å². The van der Waals surface area contributed by atoms with Gasteiger partial charge >= 0.3 is 5.97 Å². The second-order valence-corrected chi connectivity index (χ2v) is 4.68. The number of ether oxygens (including phenoxy) is 1. The van der Waals surface area contributed by atoms with Crippen LogP contribution in [0.15, 0.2) is 48.5 Å². The van der Waals surface area contributed by atoms with Crippen molar-refractivity contribution in [2.45, 2.75) is 13.5 Å². The van der Waals surface area contributed by atoms with Crippen molar-refractivity contribution in [1.29, 1.82) is 0 Å². The zero-order valence-electron chi connectivity index (χ0n) is 11.1. The molecule has 0 atom stereocenters. The molecule has 1 N–H and O–H groups in total. The van der Waals surface area contributed by atoms with Crippen molar-refractivity contribution in [3.05, 3.63) is 65.4 Å². The summed E-state index contributed by atoms with van der Waals surface area (Å²) in [6.45, 7) is 2.27. The molecule has 0 amide bonds. The molecular weight excluding hydrogens is 252 g/mol. The minimum absolute atomic E-state index is 0.250. The fourth-order valence-corrected chi connectivity index (χ4v) is 2.02. The van der Waals surface area contributed by atoms with Crippen molar-refractivity contribution in [2.24, 2.45) is 0 Å². The number of rotatable bonds is 3. The van der Waals surface area contributed by atoms with Gasteiger partial charge in [0.15, 0.2) is 5.69 Å². The fraction of sp³-hybridized carbons (Fsp3) is 0.125. The molecule has 3 rings (SSSR count). The van der Waals surface area contributed by atoms with E-state index in [-0.39, 0.29) is 6.61 Å². The van der Waals surface area contributed by atoms with Gasteiger partial charge < -0.3 is 4.74 Å². The molecule has 1 aromatic heterocycles. The molecule has 0 unspecified atom stereocenters. The van der Waals surface area contributed by atoms with Gasteiger partial charge in [0.2, 0.25) is 0 Å². The molecule has 0 spiro atoms. The van der Waals surface area contributed by atoms with E-state index in [2.05, 4.69) is 10.2 Å². The maximum Gasteiger partial charge on any atom is 0.359 e. The third-order valence-corrected chi connectivity index (χ3v) is 3.15. The van der Waals surface area contributed by atoms with Gasteiger partial charge in [-0.15, -0.1) is 0 Å². The molecule has 0 saturated carbocycles. The average molecular weight is 266 g/mol. The molecule has 0 aliphatic heterocycles. The third-order valence-electron chi connectivity index (χ3n) is 3.15. The Morgan fingerprint density at radius 2 is 1.90 bits per heavy atom. The van der Waals surface area contributed by atoms with Crippen molar-refractivity contribution in [2.75, 3.05) is 0 Å². The Morgan fingerprint density at radius 1 is 1.15 bits per heavy atom. The van der Waals surface area contributed by atoms with Crippen molar-refractivity contribution < 1.29 is 9.53 Å². The summed E-state index contributed by atoms with van der Waals surface area (Å²) in [6, 6.07) is 15.4. The first-order valence-corrected chi connectivity index (χ1v) is 6.40. The Hall–Kier alpha value is -2.62. The summed E-state index contributed by atoms with van der Waals surface area (Å²) in [5, 5.41) is 7.63. The van der Waals surface area contributed by atoms with E-state index in [9.17, 15) is 4.79 Å². The van der Waals surface area contributed by atoms with Crippen molar-refractivity contribution in [3.8, 4) is 0 Å². The highest BCUT2D eigenvalue weighted by molar-refractivity contribution is 6.01. The van der Waals surface area contributed by atoms with Gasteiger partial charge in [-0.2, -0.15) is 5.10 Å². The Morgan fingerprint density at radius 3 is 2.70 bits per heavy atom. The predicted octanol–water partition coefficient (Wildman–Crippen LogP) is 3.23. The first-order valence-electron chi connectivity index (χ1n) is 6.40. The maximum absolute atomic E-state index is 12.1. The van der Waals surface area contributed by atoms with Crippen molar-refractivity contribution in [1.82, 2.24) is 10.2 Å². The molecule has 1 heterocycles. The lowest BCUT2D eigenvalue weighted by Gasteiger charge is -2.03. The van der Waals surface area contributed by atoms with E-state index < -0.39 is 5.97 Å². The van der Waals surface area contributed by atoms with Crippen LogP contribution in [0.5, 0.6) is 0 Å². The molecule has 4 nitrogen and oxygen atoms in total. The number of aryl methyl sites for hydroxylation is 1. The van der Waals surface area contributed by atoms with Crippen LogP contribution in [0.4, 0.5) is 0 Å². The van der Waals surface area contributed by atoms with Gasteiger partial charge in [0.05, 0.1) is 5.52 Å². The van der Waals surface area contributed by atoms with E-state index >= 15 is 0 Å². The molecule has 0 fully saturated rings. The van der Waals surface area contributed by atoms with Gasteiger partial charge in [0.25, 0.3) is 0 Å². The van der Waals surface area contributed by atoms with Gasteiger partial charge in [0, 0.05) is 5.39 Å². The number of esters is 1. The number of H-pyrrole nitrogens is 1. The van der Waals surface area contributed by atoms with E-state index in [1.807, 2.05) is 55.5 Å². The molecule has 0 bridgehead atoms. The Kier molecular flexibility index (Phi) is 3.21. The third kappa shape index (κ3) is 2.40. The van der Waals surface area contributed by atoms with Crippen LogP contribution in [0.1, 0.15) is 21.6 Å². The smallest absolute Gasteiger partial charge is 0.359 e. The topological polar surface area (TPSA) is 55.0 Å². The number of carbonyl (C=O) groups excluding carboxylic acids is 1. The highest BCUT2D eigenvalue weighted by atomic mass is 16.5. The van der Waals surface area contributed by atoms with Gasteiger partial charge in [-0.05, 0) is 18.6 Å². The Labute approximate surface area is 116 Å². The van der Waals surface area contributed by atoms with Gasteiger partial charge in [-0.25, -0.2) is 4.79 Å². The minimum atomic E-state index is -0.414. The van der Waals surface area contributed by atoms with E-state index in [0.717, 1.165) is 16.5 Å². The number of hydrogen-bond donors (Lipinski definition) is 1. The summed E-state index contributed by atoms with van der Waals surface area (Å²) in [5.74, 6) is -0.414. The maximum atomic E-state index is 12.1. The number of aromatic amines is 1. The normalized spacial score (nSPS) is 10.7. The number of nitrogens with zero attached hydrogens (tertiary/aromatic N) is 1.